The number of hydrogen-bond donors (Lipinski definition) is 5. The van der Waals surface area contributed by atoms with Crippen LogP contribution in [-0.2, 0) is 4.79 Å². The van der Waals surface area contributed by atoms with Gasteiger partial charge in [-0.15, -0.1) is 0 Å². The highest BCUT2D eigenvalue weighted by Gasteiger charge is 2.23. The second-order valence-electron chi connectivity index (χ2n) is 14.0. The Kier molecular flexibility index (Phi) is 34.6. The van der Waals surface area contributed by atoms with Gasteiger partial charge in [-0.25, -0.2) is 0 Å². The molecule has 0 aromatic carbocycles. The third-order valence-electron chi connectivity index (χ3n) is 9.36. The molecule has 0 fully saturated rings. The number of carbonyl (C=O) groups excluding carboxylic acids is 1. The summed E-state index contributed by atoms with van der Waals surface area (Å²) in [6, 6.07) is 0. The first-order chi connectivity index (χ1) is 22.4. The predicted octanol–water partition coefficient (Wildman–Crippen LogP) is 10.2. The minimum atomic E-state index is -1.30. The van der Waals surface area contributed by atoms with Gasteiger partial charge in [0.2, 0.25) is 0 Å². The van der Waals surface area contributed by atoms with Crippen LogP contribution in [0, 0.1) is 0 Å². The molecule has 0 aliphatic carbocycles. The molecule has 1 amide bonds. The maximum atomic E-state index is 12.2. The van der Waals surface area contributed by atoms with Crippen molar-refractivity contribution in [1.29, 1.82) is 0 Å². The lowest BCUT2D eigenvalue weighted by Gasteiger charge is -2.22. The molecule has 6 nitrogen and oxygen atoms in total. The molecule has 0 spiro atoms. The minimum absolute atomic E-state index is 0.160. The smallest absolute Gasteiger partial charge is 0.250 e. The van der Waals surface area contributed by atoms with E-state index in [2.05, 4.69) is 31.3 Å². The number of allylic oxidation sites excluding steroid dienone is 2. The van der Waals surface area contributed by atoms with Crippen LogP contribution in [0.2, 0.25) is 0 Å². The zero-order valence-corrected chi connectivity index (χ0v) is 30.6. The number of rotatable bonds is 36. The van der Waals surface area contributed by atoms with E-state index in [1.165, 1.54) is 141 Å². The molecule has 0 aliphatic rings. The first kappa shape index (κ1) is 45.0. The van der Waals surface area contributed by atoms with Gasteiger partial charge >= 0.3 is 0 Å². The average Bonchev–Trinajstić information content (AvgIpc) is 3.04. The fourth-order valence-electron chi connectivity index (χ4n) is 6.17. The van der Waals surface area contributed by atoms with Gasteiger partial charge in [-0.1, -0.05) is 180 Å². The summed E-state index contributed by atoms with van der Waals surface area (Å²) in [6.07, 6.45) is 35.7. The highest BCUT2D eigenvalue weighted by molar-refractivity contribution is 5.80. The molecular weight excluding hydrogens is 574 g/mol. The minimum Gasteiger partial charge on any atom is -0.390 e. The number of aliphatic hydroxyl groups is 4. The van der Waals surface area contributed by atoms with E-state index in [9.17, 15) is 25.2 Å². The summed E-state index contributed by atoms with van der Waals surface area (Å²) in [6.45, 7) is 4.51. The third kappa shape index (κ3) is 31.6. The van der Waals surface area contributed by atoms with Gasteiger partial charge in [0.1, 0.15) is 12.3 Å². The number of nitrogens with one attached hydrogen (secondary N) is 1. The molecule has 4 atom stereocenters. The molecule has 0 aliphatic heterocycles. The summed E-state index contributed by atoms with van der Waals surface area (Å²) in [5, 5.41) is 43.2. The van der Waals surface area contributed by atoms with Gasteiger partial charge in [-0.2, -0.15) is 0 Å². The molecule has 0 aromatic heterocycles. The summed E-state index contributed by atoms with van der Waals surface area (Å²) in [5.41, 5.74) is 0. The van der Waals surface area contributed by atoms with Crippen molar-refractivity contribution in [2.75, 3.05) is 0 Å². The van der Waals surface area contributed by atoms with Crippen molar-refractivity contribution in [3.05, 3.63) is 12.2 Å². The standard InChI is InChI=1S/C40H79NO5/c1-3-5-7-9-11-13-15-17-18-19-20-21-22-24-26-28-30-32-34-37(43)40(46)41-39(45)35-38(44)36(42)33-31-29-27-25-23-16-14-12-10-8-6-4-2/h25,27,36-39,42-45H,3-24,26,28-35H2,1-2H3,(H,41,46)/b27-25+/t36-,37-,38+,39-/m1/s1. The van der Waals surface area contributed by atoms with Crippen LogP contribution in [0.1, 0.15) is 213 Å². The molecular formula is C40H79NO5. The highest BCUT2D eigenvalue weighted by atomic mass is 16.3. The van der Waals surface area contributed by atoms with Gasteiger partial charge in [0.25, 0.3) is 5.91 Å². The lowest BCUT2D eigenvalue weighted by atomic mass is 10.0. The predicted molar refractivity (Wildman–Crippen MR) is 196 cm³/mol. The Balaban J connectivity index is 3.64. The van der Waals surface area contributed by atoms with Crippen LogP contribution in [0.3, 0.4) is 0 Å². The third-order valence-corrected chi connectivity index (χ3v) is 9.36. The quantitative estimate of drug-likeness (QED) is 0.0263. The molecule has 274 valence electrons. The van der Waals surface area contributed by atoms with Crippen molar-refractivity contribution < 1.29 is 25.2 Å². The van der Waals surface area contributed by atoms with E-state index >= 15 is 0 Å². The summed E-state index contributed by atoms with van der Waals surface area (Å²) in [7, 11) is 0. The van der Waals surface area contributed by atoms with Crippen molar-refractivity contribution >= 4 is 5.91 Å². The first-order valence-electron chi connectivity index (χ1n) is 20.1. The molecule has 6 heteroatoms. The normalized spacial score (nSPS) is 14.5. The van der Waals surface area contributed by atoms with Crippen LogP contribution in [0.4, 0.5) is 0 Å². The first-order valence-corrected chi connectivity index (χ1v) is 20.1. The van der Waals surface area contributed by atoms with E-state index in [-0.39, 0.29) is 6.42 Å². The van der Waals surface area contributed by atoms with Crippen molar-refractivity contribution in [2.24, 2.45) is 0 Å². The topological polar surface area (TPSA) is 110 Å². The average molecular weight is 654 g/mol. The summed E-state index contributed by atoms with van der Waals surface area (Å²) < 4.78 is 0. The Morgan fingerprint density at radius 2 is 0.848 bits per heavy atom. The van der Waals surface area contributed by atoms with Crippen LogP contribution in [0.25, 0.3) is 0 Å². The Hall–Kier alpha value is -0.950. The van der Waals surface area contributed by atoms with Crippen LogP contribution in [0.15, 0.2) is 12.2 Å². The number of carbonyl (C=O) groups is 1. The van der Waals surface area contributed by atoms with Crippen LogP contribution in [0.5, 0.6) is 0 Å². The van der Waals surface area contributed by atoms with E-state index in [1.54, 1.807) is 0 Å². The van der Waals surface area contributed by atoms with Crippen molar-refractivity contribution in [2.45, 2.75) is 237 Å². The second-order valence-corrected chi connectivity index (χ2v) is 14.0. The van der Waals surface area contributed by atoms with Crippen LogP contribution in [-0.4, -0.2) is 50.9 Å². The molecule has 0 bridgehead atoms. The number of amides is 1. The highest BCUT2D eigenvalue weighted by Crippen LogP contribution is 2.16. The lowest BCUT2D eigenvalue weighted by Crippen LogP contribution is -2.44. The molecule has 0 heterocycles. The van der Waals surface area contributed by atoms with Gasteiger partial charge in [0, 0.05) is 6.42 Å². The monoisotopic (exact) mass is 654 g/mol. The maximum Gasteiger partial charge on any atom is 0.250 e. The van der Waals surface area contributed by atoms with E-state index in [0.29, 0.717) is 12.8 Å². The second kappa shape index (κ2) is 35.4. The molecule has 0 radical (unpaired) electrons. The number of hydrogen-bond acceptors (Lipinski definition) is 5. The molecule has 0 saturated carbocycles. The number of unbranched alkanes of at least 4 members (excludes halogenated alkanes) is 25. The van der Waals surface area contributed by atoms with Crippen molar-refractivity contribution in [3.63, 3.8) is 0 Å². The number of aliphatic hydroxyl groups excluding tert-OH is 4. The summed E-state index contributed by atoms with van der Waals surface area (Å²) in [4.78, 5) is 12.2. The van der Waals surface area contributed by atoms with Gasteiger partial charge in [-0.05, 0) is 38.5 Å². The van der Waals surface area contributed by atoms with E-state index in [1.807, 2.05) is 0 Å². The summed E-state index contributed by atoms with van der Waals surface area (Å²) >= 11 is 0. The fourth-order valence-corrected chi connectivity index (χ4v) is 6.17. The SMILES string of the molecule is CCCCCCCCC/C=C/CCC[C@@H](O)[C@@H](O)C[C@@H](O)NC(=O)[C@H](O)CCCCCCCCCCCCCCCCCCCC. The Morgan fingerprint density at radius 1 is 0.478 bits per heavy atom. The van der Waals surface area contributed by atoms with Gasteiger partial charge in [0.15, 0.2) is 0 Å². The Morgan fingerprint density at radius 3 is 1.28 bits per heavy atom. The zero-order chi connectivity index (χ0) is 33.9. The Labute approximate surface area is 285 Å². The van der Waals surface area contributed by atoms with Gasteiger partial charge in [0.05, 0.1) is 12.2 Å². The van der Waals surface area contributed by atoms with E-state index in [0.717, 1.165) is 38.5 Å². The fraction of sp³-hybridized carbons (Fsp3) is 0.925. The largest absolute Gasteiger partial charge is 0.390 e. The zero-order valence-electron chi connectivity index (χ0n) is 30.6. The van der Waals surface area contributed by atoms with Crippen LogP contribution < -0.4 is 5.32 Å². The molecule has 0 saturated heterocycles. The van der Waals surface area contributed by atoms with Crippen molar-refractivity contribution in [1.82, 2.24) is 5.32 Å². The molecule has 0 aromatic rings. The maximum absolute atomic E-state index is 12.2. The van der Waals surface area contributed by atoms with E-state index < -0.39 is 30.4 Å². The molecule has 46 heavy (non-hydrogen) atoms. The van der Waals surface area contributed by atoms with E-state index in [4.69, 9.17) is 0 Å². The molecule has 5 N–H and O–H groups in total. The molecule has 0 unspecified atom stereocenters. The lowest BCUT2D eigenvalue weighted by molar-refractivity contribution is -0.133. The molecule has 0 rings (SSSR count). The van der Waals surface area contributed by atoms with Gasteiger partial charge < -0.3 is 25.7 Å². The van der Waals surface area contributed by atoms with Crippen molar-refractivity contribution in [3.8, 4) is 0 Å². The van der Waals surface area contributed by atoms with Crippen LogP contribution >= 0.6 is 0 Å². The van der Waals surface area contributed by atoms with Gasteiger partial charge in [-0.3, -0.25) is 4.79 Å². The Bertz CT molecular complexity index is 658. The summed E-state index contributed by atoms with van der Waals surface area (Å²) in [5.74, 6) is -0.618.